The van der Waals surface area contributed by atoms with Crippen LogP contribution in [-0.2, 0) is 19.4 Å². The van der Waals surface area contributed by atoms with Crippen LogP contribution in [0.2, 0.25) is 0 Å². The zero-order valence-electron chi connectivity index (χ0n) is 15.0. The Kier molecular flexibility index (Phi) is 4.62. The van der Waals surface area contributed by atoms with Crippen LogP contribution >= 0.6 is 0 Å². The highest BCUT2D eigenvalue weighted by Crippen LogP contribution is 2.30. The van der Waals surface area contributed by atoms with Crippen molar-refractivity contribution in [3.05, 3.63) is 71.2 Å². The lowest BCUT2D eigenvalue weighted by atomic mass is 10.0. The van der Waals surface area contributed by atoms with Gasteiger partial charge in [-0.15, -0.1) is 0 Å². The van der Waals surface area contributed by atoms with Crippen molar-refractivity contribution in [1.82, 2.24) is 10.1 Å². The third kappa shape index (κ3) is 3.43. The zero-order chi connectivity index (χ0) is 18.8. The summed E-state index contributed by atoms with van der Waals surface area (Å²) in [7, 11) is 0. The van der Waals surface area contributed by atoms with Crippen molar-refractivity contribution in [2.75, 3.05) is 11.9 Å². The maximum atomic E-state index is 13.6. The van der Waals surface area contributed by atoms with Gasteiger partial charge in [0.05, 0.1) is 6.54 Å². The number of carbonyl (C=O) groups excluding carboxylic acids is 1. The maximum absolute atomic E-state index is 13.6. The number of amides is 2. The molecule has 0 saturated heterocycles. The summed E-state index contributed by atoms with van der Waals surface area (Å²) in [6, 6.07) is 13.9. The SMILES string of the molecule is CCc1ccccc1NC(=O)N1CCc2onc(-c3cccc(F)c3)c2C1. The molecule has 27 heavy (non-hydrogen) atoms. The van der Waals surface area contributed by atoms with E-state index >= 15 is 0 Å². The van der Waals surface area contributed by atoms with Gasteiger partial charge in [0.1, 0.15) is 17.3 Å². The Morgan fingerprint density at radius 3 is 2.93 bits per heavy atom. The number of nitrogens with zero attached hydrogens (tertiary/aromatic N) is 2. The lowest BCUT2D eigenvalue weighted by Gasteiger charge is -2.27. The number of fused-ring (bicyclic) bond motifs is 1. The number of benzene rings is 2. The molecule has 1 aliphatic rings. The number of rotatable bonds is 3. The first-order valence-electron chi connectivity index (χ1n) is 9.03. The van der Waals surface area contributed by atoms with Crippen molar-refractivity contribution in [2.24, 2.45) is 0 Å². The normalized spacial score (nSPS) is 13.3. The molecule has 0 bridgehead atoms. The van der Waals surface area contributed by atoms with Gasteiger partial charge in [-0.3, -0.25) is 0 Å². The fourth-order valence-corrected chi connectivity index (χ4v) is 3.39. The monoisotopic (exact) mass is 365 g/mol. The molecule has 2 amide bonds. The number of hydrogen-bond donors (Lipinski definition) is 1. The Morgan fingerprint density at radius 2 is 2.11 bits per heavy atom. The number of aryl methyl sites for hydroxylation is 1. The van der Waals surface area contributed by atoms with E-state index in [0.29, 0.717) is 30.8 Å². The quantitative estimate of drug-likeness (QED) is 0.736. The van der Waals surface area contributed by atoms with Crippen molar-refractivity contribution in [3.63, 3.8) is 0 Å². The standard InChI is InChI=1S/C21H20FN3O2/c1-2-14-6-3-4-9-18(14)23-21(26)25-11-10-19-17(13-25)20(24-27-19)15-7-5-8-16(22)12-15/h3-9,12H,2,10-11,13H2,1H3,(H,23,26). The van der Waals surface area contributed by atoms with Gasteiger partial charge in [0.25, 0.3) is 0 Å². The average molecular weight is 365 g/mol. The first kappa shape index (κ1) is 17.3. The van der Waals surface area contributed by atoms with E-state index in [1.807, 2.05) is 24.3 Å². The molecule has 138 valence electrons. The Balaban J connectivity index is 1.56. The van der Waals surface area contributed by atoms with Crippen LogP contribution in [0.15, 0.2) is 53.1 Å². The smallest absolute Gasteiger partial charge is 0.322 e. The molecule has 1 aromatic heterocycles. The Morgan fingerprint density at radius 1 is 1.26 bits per heavy atom. The molecule has 0 fully saturated rings. The van der Waals surface area contributed by atoms with Crippen LogP contribution in [0.4, 0.5) is 14.9 Å². The van der Waals surface area contributed by atoms with Gasteiger partial charge in [-0.1, -0.05) is 42.4 Å². The van der Waals surface area contributed by atoms with Crippen molar-refractivity contribution >= 4 is 11.7 Å². The lowest BCUT2D eigenvalue weighted by molar-refractivity contribution is 0.202. The van der Waals surface area contributed by atoms with Crippen LogP contribution < -0.4 is 5.32 Å². The summed E-state index contributed by atoms with van der Waals surface area (Å²) in [6.07, 6.45) is 1.43. The first-order chi connectivity index (χ1) is 13.2. The summed E-state index contributed by atoms with van der Waals surface area (Å²) in [5, 5.41) is 7.11. The Labute approximate surface area is 156 Å². The van der Waals surface area contributed by atoms with E-state index in [2.05, 4.69) is 17.4 Å². The van der Waals surface area contributed by atoms with Crippen LogP contribution in [0.25, 0.3) is 11.3 Å². The minimum Gasteiger partial charge on any atom is -0.360 e. The maximum Gasteiger partial charge on any atom is 0.322 e. The number of anilines is 1. The number of carbonyl (C=O) groups is 1. The summed E-state index contributed by atoms with van der Waals surface area (Å²) >= 11 is 0. The van der Waals surface area contributed by atoms with Gasteiger partial charge >= 0.3 is 6.03 Å². The van der Waals surface area contributed by atoms with E-state index in [1.165, 1.54) is 12.1 Å². The third-order valence-electron chi connectivity index (χ3n) is 4.85. The topological polar surface area (TPSA) is 58.4 Å². The number of hydrogen-bond acceptors (Lipinski definition) is 3. The van der Waals surface area contributed by atoms with Crippen molar-refractivity contribution < 1.29 is 13.7 Å². The number of para-hydroxylation sites is 1. The number of aromatic nitrogens is 1. The minimum atomic E-state index is -0.328. The molecule has 1 aliphatic heterocycles. The van der Waals surface area contributed by atoms with Gasteiger partial charge in [0, 0.05) is 29.8 Å². The second kappa shape index (κ2) is 7.23. The summed E-state index contributed by atoms with van der Waals surface area (Å²) in [6.45, 7) is 2.98. The molecule has 4 rings (SSSR count). The molecule has 5 nitrogen and oxygen atoms in total. The van der Waals surface area contributed by atoms with Gasteiger partial charge in [0.2, 0.25) is 0 Å². The Bertz CT molecular complexity index is 983. The van der Waals surface area contributed by atoms with Crippen LogP contribution in [0.5, 0.6) is 0 Å². The highest BCUT2D eigenvalue weighted by molar-refractivity contribution is 5.90. The second-order valence-electron chi connectivity index (χ2n) is 6.56. The molecule has 2 heterocycles. The summed E-state index contributed by atoms with van der Waals surface area (Å²) in [5.74, 6) is 0.429. The molecule has 2 aromatic carbocycles. The summed E-state index contributed by atoms with van der Waals surface area (Å²) in [4.78, 5) is 14.5. The van der Waals surface area contributed by atoms with Gasteiger partial charge < -0.3 is 14.7 Å². The highest BCUT2D eigenvalue weighted by atomic mass is 19.1. The van der Waals surface area contributed by atoms with E-state index < -0.39 is 0 Å². The lowest BCUT2D eigenvalue weighted by Crippen LogP contribution is -2.38. The molecule has 0 radical (unpaired) electrons. The Hall–Kier alpha value is -3.15. The molecule has 0 saturated carbocycles. The van der Waals surface area contributed by atoms with Crippen molar-refractivity contribution in [2.45, 2.75) is 26.3 Å². The van der Waals surface area contributed by atoms with Crippen LogP contribution in [0, 0.1) is 5.82 Å². The molecule has 0 aliphatic carbocycles. The van der Waals surface area contributed by atoms with E-state index in [1.54, 1.807) is 17.0 Å². The summed E-state index contributed by atoms with van der Waals surface area (Å²) in [5.41, 5.74) is 4.00. The minimum absolute atomic E-state index is 0.159. The fourth-order valence-electron chi connectivity index (χ4n) is 3.39. The number of nitrogens with one attached hydrogen (secondary N) is 1. The third-order valence-corrected chi connectivity index (χ3v) is 4.85. The van der Waals surface area contributed by atoms with Gasteiger partial charge in [0.15, 0.2) is 0 Å². The predicted molar refractivity (Wildman–Crippen MR) is 101 cm³/mol. The van der Waals surface area contributed by atoms with Gasteiger partial charge in [-0.05, 0) is 30.2 Å². The number of halogens is 1. The highest BCUT2D eigenvalue weighted by Gasteiger charge is 2.28. The largest absolute Gasteiger partial charge is 0.360 e. The molecular weight excluding hydrogens is 345 g/mol. The second-order valence-corrected chi connectivity index (χ2v) is 6.56. The molecule has 3 aromatic rings. The average Bonchev–Trinajstić information content (AvgIpc) is 3.11. The molecule has 1 N–H and O–H groups in total. The molecule has 0 unspecified atom stereocenters. The van der Waals surface area contributed by atoms with Gasteiger partial charge in [-0.2, -0.15) is 0 Å². The van der Waals surface area contributed by atoms with E-state index in [9.17, 15) is 9.18 Å². The summed E-state index contributed by atoms with van der Waals surface area (Å²) < 4.78 is 19.0. The first-order valence-corrected chi connectivity index (χ1v) is 9.03. The van der Waals surface area contributed by atoms with E-state index in [0.717, 1.165) is 29.0 Å². The van der Waals surface area contributed by atoms with Crippen molar-refractivity contribution in [1.29, 1.82) is 0 Å². The number of urea groups is 1. The van der Waals surface area contributed by atoms with Crippen molar-refractivity contribution in [3.8, 4) is 11.3 Å². The van der Waals surface area contributed by atoms with Crippen LogP contribution in [0.1, 0.15) is 23.8 Å². The van der Waals surface area contributed by atoms with E-state index in [-0.39, 0.29) is 11.8 Å². The van der Waals surface area contributed by atoms with Gasteiger partial charge in [-0.25, -0.2) is 9.18 Å². The van der Waals surface area contributed by atoms with Crippen LogP contribution in [-0.4, -0.2) is 22.6 Å². The molecule has 0 atom stereocenters. The van der Waals surface area contributed by atoms with Crippen LogP contribution in [0.3, 0.4) is 0 Å². The fraction of sp³-hybridized carbons (Fsp3) is 0.238. The predicted octanol–water partition coefficient (Wildman–Crippen LogP) is 4.63. The van der Waals surface area contributed by atoms with E-state index in [4.69, 9.17) is 4.52 Å². The molecular formula is C21H20FN3O2. The molecule has 0 spiro atoms. The molecule has 6 heteroatoms. The zero-order valence-corrected chi connectivity index (χ0v) is 15.0.